The molecular weight excluding hydrogens is 525 g/mol. The lowest BCUT2D eigenvalue weighted by atomic mass is 9.95. The quantitative estimate of drug-likeness (QED) is 0.324. The molecule has 5 heterocycles. The second-order valence-corrected chi connectivity index (χ2v) is 11.1. The van der Waals surface area contributed by atoms with Crippen LogP contribution in [0.5, 0.6) is 0 Å². The highest BCUT2D eigenvalue weighted by Gasteiger charge is 2.40. The number of imidazole rings is 3. The minimum atomic E-state index is -0.379. The van der Waals surface area contributed by atoms with Crippen molar-refractivity contribution in [1.82, 2.24) is 38.0 Å². The van der Waals surface area contributed by atoms with Crippen LogP contribution in [-0.2, 0) is 32.9 Å². The first-order valence-corrected chi connectivity index (χ1v) is 13.3. The van der Waals surface area contributed by atoms with Crippen LogP contribution >= 0.6 is 0 Å². The van der Waals surface area contributed by atoms with Gasteiger partial charge in [0.05, 0.1) is 57.8 Å². The molecule has 0 spiro atoms. The fourth-order valence-corrected chi connectivity index (χ4v) is 5.93. The molecule has 1 aliphatic rings. The van der Waals surface area contributed by atoms with Gasteiger partial charge in [-0.3, -0.25) is 18.4 Å². The molecule has 0 atom stereocenters. The van der Waals surface area contributed by atoms with E-state index in [-0.39, 0.29) is 17.1 Å². The molecule has 11 nitrogen and oxygen atoms in total. The molecule has 6 aromatic rings. The molecule has 41 heavy (non-hydrogen) atoms. The van der Waals surface area contributed by atoms with Crippen molar-refractivity contribution in [3.05, 3.63) is 65.5 Å². The van der Waals surface area contributed by atoms with Gasteiger partial charge < -0.3 is 14.2 Å². The lowest BCUT2D eigenvalue weighted by molar-refractivity contribution is -0.0166. The highest BCUT2D eigenvalue weighted by atomic mass is 19.1. The van der Waals surface area contributed by atoms with Gasteiger partial charge >= 0.3 is 5.69 Å². The molecule has 0 saturated carbocycles. The van der Waals surface area contributed by atoms with Crippen LogP contribution in [0.25, 0.3) is 50.4 Å². The van der Waals surface area contributed by atoms with Gasteiger partial charge in [-0.2, -0.15) is 5.10 Å². The van der Waals surface area contributed by atoms with E-state index in [2.05, 4.69) is 21.9 Å². The van der Waals surface area contributed by atoms with Crippen LogP contribution < -0.4 is 10.6 Å². The van der Waals surface area contributed by atoms with Gasteiger partial charge in [0, 0.05) is 71.8 Å². The highest BCUT2D eigenvalue weighted by molar-refractivity contribution is 5.94. The Labute approximate surface area is 234 Å². The maximum absolute atomic E-state index is 15.7. The second-order valence-electron chi connectivity index (χ2n) is 11.1. The van der Waals surface area contributed by atoms with Crippen LogP contribution in [0.4, 0.5) is 10.1 Å². The van der Waals surface area contributed by atoms with Crippen LogP contribution in [0.1, 0.15) is 6.92 Å². The van der Waals surface area contributed by atoms with Gasteiger partial charge in [-0.25, -0.2) is 19.2 Å². The lowest BCUT2D eigenvalue weighted by Gasteiger charge is -2.48. The molecule has 1 saturated heterocycles. The summed E-state index contributed by atoms with van der Waals surface area (Å²) in [5.74, 6) is 0.231. The van der Waals surface area contributed by atoms with Gasteiger partial charge in [-0.1, -0.05) is 0 Å². The third-order valence-corrected chi connectivity index (χ3v) is 8.27. The molecule has 210 valence electrons. The highest BCUT2D eigenvalue weighted by Crippen LogP contribution is 2.39. The number of fused-ring (bicyclic) bond motifs is 2. The van der Waals surface area contributed by atoms with Crippen LogP contribution in [0.2, 0.25) is 0 Å². The summed E-state index contributed by atoms with van der Waals surface area (Å²) in [5, 5.41) is 4.21. The molecule has 12 heteroatoms. The van der Waals surface area contributed by atoms with Crippen LogP contribution in [0.15, 0.2) is 54.0 Å². The molecule has 7 rings (SSSR count). The maximum Gasteiger partial charge on any atom is 0.328 e. The molecule has 0 N–H and O–H groups in total. The second kappa shape index (κ2) is 8.64. The first-order chi connectivity index (χ1) is 19.6. The molecule has 0 bridgehead atoms. The van der Waals surface area contributed by atoms with Gasteiger partial charge in [-0.05, 0) is 25.1 Å². The topological polar surface area (TPSA) is 92.9 Å². The summed E-state index contributed by atoms with van der Waals surface area (Å²) in [6.45, 7) is 3.42. The van der Waals surface area contributed by atoms with Crippen molar-refractivity contribution in [2.45, 2.75) is 12.5 Å². The zero-order chi connectivity index (χ0) is 28.8. The largest absolute Gasteiger partial charge is 0.375 e. The van der Waals surface area contributed by atoms with E-state index in [9.17, 15) is 4.79 Å². The number of hydrogen-bond donors (Lipinski definition) is 0. The Balaban J connectivity index is 1.52. The Morgan fingerprint density at radius 2 is 1.78 bits per heavy atom. The summed E-state index contributed by atoms with van der Waals surface area (Å²) in [6.07, 6.45) is 6.87. The van der Waals surface area contributed by atoms with E-state index < -0.39 is 0 Å². The van der Waals surface area contributed by atoms with E-state index in [0.717, 1.165) is 28.1 Å². The summed E-state index contributed by atoms with van der Waals surface area (Å²) in [4.78, 5) is 24.6. The zero-order valence-corrected chi connectivity index (χ0v) is 23.8. The molecule has 4 aromatic heterocycles. The fraction of sp³-hybridized carbons (Fsp3) is 0.310. The van der Waals surface area contributed by atoms with Crippen molar-refractivity contribution in [2.75, 3.05) is 25.1 Å². The number of rotatable bonds is 5. The van der Waals surface area contributed by atoms with Crippen LogP contribution in [0.3, 0.4) is 0 Å². The van der Waals surface area contributed by atoms with Crippen molar-refractivity contribution in [3.8, 4) is 28.3 Å². The third kappa shape index (κ3) is 3.67. The van der Waals surface area contributed by atoms with Crippen molar-refractivity contribution in [2.24, 2.45) is 28.2 Å². The predicted octanol–water partition coefficient (Wildman–Crippen LogP) is 3.38. The van der Waals surface area contributed by atoms with E-state index in [1.54, 1.807) is 73.1 Å². The summed E-state index contributed by atoms with van der Waals surface area (Å²) >= 11 is 0. The summed E-state index contributed by atoms with van der Waals surface area (Å²) in [5.41, 5.74) is 5.94. The van der Waals surface area contributed by atoms with Gasteiger partial charge in [0.25, 0.3) is 0 Å². The van der Waals surface area contributed by atoms with E-state index in [1.165, 1.54) is 6.07 Å². The Morgan fingerprint density at radius 3 is 2.44 bits per heavy atom. The Kier molecular flexibility index (Phi) is 5.33. The molecular formula is C29H30FN9O2. The normalized spacial score (nSPS) is 14.9. The van der Waals surface area contributed by atoms with Crippen LogP contribution in [0, 0.1) is 5.82 Å². The van der Waals surface area contributed by atoms with Crippen molar-refractivity contribution >= 4 is 27.8 Å². The van der Waals surface area contributed by atoms with Gasteiger partial charge in [0.1, 0.15) is 11.5 Å². The molecule has 1 aliphatic heterocycles. The minimum Gasteiger partial charge on any atom is -0.375 e. The maximum atomic E-state index is 15.7. The van der Waals surface area contributed by atoms with E-state index in [4.69, 9.17) is 9.72 Å². The number of ether oxygens (including phenoxy) is 1. The fourth-order valence-electron chi connectivity index (χ4n) is 5.93. The molecule has 1 fully saturated rings. The smallest absolute Gasteiger partial charge is 0.328 e. The number of halogens is 1. The van der Waals surface area contributed by atoms with E-state index in [1.807, 2.05) is 28.3 Å². The monoisotopic (exact) mass is 555 g/mol. The number of aryl methyl sites for hydroxylation is 4. The molecule has 0 radical (unpaired) electrons. The molecule has 0 amide bonds. The average Bonchev–Trinajstić information content (AvgIpc) is 3.69. The Hall–Kier alpha value is -4.71. The van der Waals surface area contributed by atoms with Crippen molar-refractivity contribution < 1.29 is 9.13 Å². The number of hydrogen-bond acceptors (Lipinski definition) is 6. The lowest BCUT2D eigenvalue weighted by Crippen LogP contribution is -2.61. The van der Waals surface area contributed by atoms with Gasteiger partial charge in [-0.15, -0.1) is 0 Å². The number of nitrogens with zero attached hydrogens (tertiary/aromatic N) is 9. The van der Waals surface area contributed by atoms with Crippen LogP contribution in [-0.4, -0.2) is 63.8 Å². The average molecular weight is 556 g/mol. The molecule has 0 unspecified atom stereocenters. The van der Waals surface area contributed by atoms with E-state index in [0.29, 0.717) is 41.1 Å². The first kappa shape index (κ1) is 25.3. The van der Waals surface area contributed by atoms with Gasteiger partial charge in [0.2, 0.25) is 0 Å². The summed E-state index contributed by atoms with van der Waals surface area (Å²) in [6, 6.07) is 7.29. The number of methoxy groups -OCH3 is 1. The predicted molar refractivity (Wildman–Crippen MR) is 155 cm³/mol. The summed E-state index contributed by atoms with van der Waals surface area (Å²) in [7, 11) is 8.96. The van der Waals surface area contributed by atoms with Gasteiger partial charge in [0.15, 0.2) is 5.82 Å². The van der Waals surface area contributed by atoms with E-state index >= 15 is 4.39 Å². The number of benzene rings is 2. The molecule has 2 aromatic carbocycles. The number of aromatic nitrogens is 8. The van der Waals surface area contributed by atoms with Crippen molar-refractivity contribution in [3.63, 3.8) is 0 Å². The third-order valence-electron chi connectivity index (χ3n) is 8.27. The molecule has 0 aliphatic carbocycles. The standard InChI is InChI=1S/C29H30FN9O2/c1-29(41-6)14-38(15-29)24-8-18(7-23-26(24)37(5)28(40)36(23)4)39-22-10-20(30)19(17-11-32-35(3)13-17)9-21(22)33-27(39)25-12-31-16-34(25)2/h7-13,16H,14-15H2,1-6H3. The minimum absolute atomic E-state index is 0.122. The first-order valence-electron chi connectivity index (χ1n) is 13.3. The Morgan fingerprint density at radius 1 is 1.00 bits per heavy atom. The van der Waals surface area contributed by atoms with Crippen molar-refractivity contribution in [1.29, 1.82) is 0 Å². The number of anilines is 1. The Bertz CT molecular complexity index is 2050. The zero-order valence-electron chi connectivity index (χ0n) is 23.8. The summed E-state index contributed by atoms with van der Waals surface area (Å²) < 4.78 is 30.2. The SMILES string of the molecule is COC1(C)CN(c2cc(-n3c(-c4cncn4C)nc4cc(-c5cnn(C)c5)c(F)cc43)cc3c2n(C)c(=O)n3C)C1.